The molecular weight excluding hydrogens is 466 g/mol. The van der Waals surface area contributed by atoms with E-state index in [-0.39, 0.29) is 23.6 Å². The second-order valence-electron chi connectivity index (χ2n) is 7.72. The Morgan fingerprint density at radius 2 is 1.83 bits per heavy atom. The number of nitrogens with one attached hydrogen (secondary N) is 1. The van der Waals surface area contributed by atoms with Gasteiger partial charge in [-0.2, -0.15) is 0 Å². The molecule has 35 heavy (non-hydrogen) atoms. The first-order chi connectivity index (χ1) is 16.9. The molecule has 0 fully saturated rings. The fraction of sp³-hybridized carbons (Fsp3) is 0.250. The number of para-hydroxylation sites is 1. The molecule has 0 bridgehead atoms. The van der Waals surface area contributed by atoms with Crippen LogP contribution in [0.25, 0.3) is 17.1 Å². The Hall–Kier alpha value is -3.99. The summed E-state index contributed by atoms with van der Waals surface area (Å²) in [6.07, 6.45) is 0.176. The molecular formula is C24H27N7O3S. The van der Waals surface area contributed by atoms with Crippen LogP contribution in [0.4, 0.5) is 5.69 Å². The SMILES string of the molecule is CCOc1ccc(-c2nnc(SCCC(=O)Nc3c(C)n(C)n(-c4ccccc4)c3=O)n2N)cc1. The smallest absolute Gasteiger partial charge is 0.295 e. The maximum Gasteiger partial charge on any atom is 0.295 e. The van der Waals surface area contributed by atoms with E-state index in [4.69, 9.17) is 10.6 Å². The number of rotatable bonds is 9. The van der Waals surface area contributed by atoms with Crippen LogP contribution in [0, 0.1) is 6.92 Å². The van der Waals surface area contributed by atoms with Crippen molar-refractivity contribution in [1.29, 1.82) is 0 Å². The predicted octanol–water partition coefficient (Wildman–Crippen LogP) is 2.98. The second kappa shape index (κ2) is 10.5. The lowest BCUT2D eigenvalue weighted by molar-refractivity contribution is -0.115. The molecule has 2 aromatic carbocycles. The fourth-order valence-electron chi connectivity index (χ4n) is 3.59. The minimum absolute atomic E-state index is 0.176. The highest BCUT2D eigenvalue weighted by Crippen LogP contribution is 2.24. The van der Waals surface area contributed by atoms with E-state index in [0.717, 1.165) is 17.0 Å². The quantitative estimate of drug-likeness (QED) is 0.271. The zero-order chi connectivity index (χ0) is 24.9. The monoisotopic (exact) mass is 493 g/mol. The van der Waals surface area contributed by atoms with E-state index in [1.54, 1.807) is 18.7 Å². The highest BCUT2D eigenvalue weighted by atomic mass is 32.2. The third kappa shape index (κ3) is 5.09. The molecule has 1 amide bonds. The zero-order valence-corrected chi connectivity index (χ0v) is 20.6. The number of nitrogens with zero attached hydrogens (tertiary/aromatic N) is 5. The van der Waals surface area contributed by atoms with Crippen LogP contribution in [0.15, 0.2) is 64.5 Å². The summed E-state index contributed by atoms with van der Waals surface area (Å²) < 4.78 is 10.1. The number of thioether (sulfide) groups is 1. The summed E-state index contributed by atoms with van der Waals surface area (Å²) in [7, 11) is 1.78. The number of hydrogen-bond donors (Lipinski definition) is 2. The molecule has 0 radical (unpaired) electrons. The molecule has 0 aliphatic rings. The van der Waals surface area contributed by atoms with Crippen molar-refractivity contribution in [1.82, 2.24) is 24.2 Å². The van der Waals surface area contributed by atoms with E-state index in [1.165, 1.54) is 21.1 Å². The van der Waals surface area contributed by atoms with Crippen LogP contribution >= 0.6 is 11.8 Å². The van der Waals surface area contributed by atoms with Gasteiger partial charge in [0.2, 0.25) is 11.1 Å². The largest absolute Gasteiger partial charge is 0.494 e. The Balaban J connectivity index is 1.38. The van der Waals surface area contributed by atoms with Gasteiger partial charge in [-0.05, 0) is 50.2 Å². The number of anilines is 1. The second-order valence-corrected chi connectivity index (χ2v) is 8.78. The molecule has 3 N–H and O–H groups in total. The number of ether oxygens (including phenoxy) is 1. The molecule has 0 spiro atoms. The first-order valence-electron chi connectivity index (χ1n) is 11.1. The lowest BCUT2D eigenvalue weighted by atomic mass is 10.2. The van der Waals surface area contributed by atoms with E-state index in [1.807, 2.05) is 61.5 Å². The average molecular weight is 494 g/mol. The molecule has 0 saturated heterocycles. The van der Waals surface area contributed by atoms with Crippen molar-refractivity contribution in [2.45, 2.75) is 25.4 Å². The summed E-state index contributed by atoms with van der Waals surface area (Å²) in [5.41, 5.74) is 2.19. The molecule has 2 heterocycles. The molecule has 0 atom stereocenters. The Bertz CT molecular complexity index is 1370. The minimum atomic E-state index is -0.279. The standard InChI is InChI=1S/C24H27N7O3S/c1-4-34-19-12-10-17(11-13-19)22-27-28-24(30(22)25)35-15-14-20(32)26-21-16(2)29(3)31(23(21)33)18-8-6-5-7-9-18/h5-13H,4,14-15,25H2,1-3H3,(H,26,32). The number of nitrogens with two attached hydrogens (primary N) is 1. The Kier molecular flexibility index (Phi) is 7.25. The maximum atomic E-state index is 13.0. The molecule has 2 aromatic heterocycles. The Morgan fingerprint density at radius 1 is 1.11 bits per heavy atom. The Labute approximate surface area is 206 Å². The van der Waals surface area contributed by atoms with Crippen LogP contribution in [0.5, 0.6) is 5.75 Å². The minimum Gasteiger partial charge on any atom is -0.494 e. The number of benzene rings is 2. The third-order valence-electron chi connectivity index (χ3n) is 5.47. The van der Waals surface area contributed by atoms with Crippen molar-refractivity contribution in [3.8, 4) is 22.8 Å². The van der Waals surface area contributed by atoms with E-state index in [0.29, 0.717) is 29.0 Å². The van der Waals surface area contributed by atoms with E-state index in [2.05, 4.69) is 15.5 Å². The summed E-state index contributed by atoms with van der Waals surface area (Å²) in [6.45, 7) is 4.31. The molecule has 182 valence electrons. The van der Waals surface area contributed by atoms with Gasteiger partial charge in [-0.15, -0.1) is 10.2 Å². The maximum absolute atomic E-state index is 13.0. The highest BCUT2D eigenvalue weighted by Gasteiger charge is 2.18. The summed E-state index contributed by atoms with van der Waals surface area (Å²) in [4.78, 5) is 25.6. The van der Waals surface area contributed by atoms with Crippen molar-refractivity contribution in [2.24, 2.45) is 7.05 Å². The topological polar surface area (TPSA) is 122 Å². The number of carbonyl (C=O) groups excluding carboxylic acids is 1. The fourth-order valence-corrected chi connectivity index (χ4v) is 4.38. The molecule has 4 rings (SSSR count). The van der Waals surface area contributed by atoms with Crippen molar-refractivity contribution in [2.75, 3.05) is 23.5 Å². The van der Waals surface area contributed by atoms with Gasteiger partial charge in [0.25, 0.3) is 5.56 Å². The zero-order valence-electron chi connectivity index (χ0n) is 19.8. The molecule has 11 heteroatoms. The van der Waals surface area contributed by atoms with Gasteiger partial charge in [0, 0.05) is 24.8 Å². The van der Waals surface area contributed by atoms with Crippen molar-refractivity contribution in [3.63, 3.8) is 0 Å². The van der Waals surface area contributed by atoms with Crippen LogP contribution in [-0.2, 0) is 11.8 Å². The number of aromatic nitrogens is 5. The van der Waals surface area contributed by atoms with Gasteiger partial charge in [0.05, 0.1) is 18.0 Å². The average Bonchev–Trinajstić information content (AvgIpc) is 3.32. The molecule has 0 aliphatic heterocycles. The van der Waals surface area contributed by atoms with Gasteiger partial charge in [-0.25, -0.2) is 9.36 Å². The van der Waals surface area contributed by atoms with E-state index >= 15 is 0 Å². The van der Waals surface area contributed by atoms with Gasteiger partial charge >= 0.3 is 0 Å². The van der Waals surface area contributed by atoms with Crippen molar-refractivity contribution in [3.05, 3.63) is 70.6 Å². The predicted molar refractivity (Wildman–Crippen MR) is 136 cm³/mol. The van der Waals surface area contributed by atoms with Crippen LogP contribution in [-0.4, -0.2) is 42.5 Å². The lowest BCUT2D eigenvalue weighted by Crippen LogP contribution is -2.23. The molecule has 4 aromatic rings. The van der Waals surface area contributed by atoms with Crippen LogP contribution in [0.3, 0.4) is 0 Å². The van der Waals surface area contributed by atoms with Gasteiger partial charge < -0.3 is 15.9 Å². The molecule has 10 nitrogen and oxygen atoms in total. The van der Waals surface area contributed by atoms with Crippen molar-refractivity contribution < 1.29 is 9.53 Å². The van der Waals surface area contributed by atoms with Gasteiger partial charge in [0.1, 0.15) is 11.4 Å². The number of hydrogen-bond acceptors (Lipinski definition) is 7. The van der Waals surface area contributed by atoms with E-state index in [9.17, 15) is 9.59 Å². The molecule has 0 saturated carbocycles. The summed E-state index contributed by atoms with van der Waals surface area (Å²) in [5.74, 6) is 7.62. The van der Waals surface area contributed by atoms with Crippen LogP contribution in [0.1, 0.15) is 19.0 Å². The summed E-state index contributed by atoms with van der Waals surface area (Å²) >= 11 is 1.32. The summed E-state index contributed by atoms with van der Waals surface area (Å²) in [5, 5.41) is 11.6. The summed E-state index contributed by atoms with van der Waals surface area (Å²) in [6, 6.07) is 16.7. The van der Waals surface area contributed by atoms with Gasteiger partial charge in [-0.3, -0.25) is 14.3 Å². The molecule has 0 unspecified atom stereocenters. The van der Waals surface area contributed by atoms with Crippen LogP contribution < -0.4 is 21.5 Å². The van der Waals surface area contributed by atoms with Crippen LogP contribution in [0.2, 0.25) is 0 Å². The third-order valence-corrected chi connectivity index (χ3v) is 6.41. The molecule has 0 aliphatic carbocycles. The lowest BCUT2D eigenvalue weighted by Gasteiger charge is -2.07. The first kappa shape index (κ1) is 24.1. The van der Waals surface area contributed by atoms with Gasteiger partial charge in [0.15, 0.2) is 5.82 Å². The number of carbonyl (C=O) groups is 1. The van der Waals surface area contributed by atoms with E-state index < -0.39 is 0 Å². The van der Waals surface area contributed by atoms with Gasteiger partial charge in [-0.1, -0.05) is 30.0 Å². The normalized spacial score (nSPS) is 10.9. The number of amides is 1. The van der Waals surface area contributed by atoms with Crippen molar-refractivity contribution >= 4 is 23.4 Å². The highest BCUT2D eigenvalue weighted by molar-refractivity contribution is 7.99. The Morgan fingerprint density at radius 3 is 2.51 bits per heavy atom. The first-order valence-corrected chi connectivity index (χ1v) is 12.1. The number of nitrogen functional groups attached to an aromatic ring is 1.